The maximum Gasteiger partial charge on any atom is 0.219 e. The summed E-state index contributed by atoms with van der Waals surface area (Å²) < 4.78 is 25.2. The summed E-state index contributed by atoms with van der Waals surface area (Å²) in [5, 5.41) is 0. The normalized spacial score (nSPS) is 33.1. The van der Waals surface area contributed by atoms with Crippen LogP contribution in [0.4, 0.5) is 0 Å². The fourth-order valence-electron chi connectivity index (χ4n) is 1.89. The van der Waals surface area contributed by atoms with E-state index in [1.54, 1.807) is 25.1 Å². The summed E-state index contributed by atoms with van der Waals surface area (Å²) in [6.07, 6.45) is 1.85. The molecular formula is C10H21NO2S. The van der Waals surface area contributed by atoms with Gasteiger partial charge in [0.15, 0.2) is 0 Å². The smallest absolute Gasteiger partial charge is 0.212 e. The van der Waals surface area contributed by atoms with Gasteiger partial charge in [0.05, 0.1) is 4.75 Å². The molecule has 1 fully saturated rings. The zero-order chi connectivity index (χ0) is 11.1. The molecule has 4 heteroatoms. The van der Waals surface area contributed by atoms with Crippen LogP contribution in [0, 0.1) is 0 Å². The van der Waals surface area contributed by atoms with Gasteiger partial charge in [-0.3, -0.25) is 0 Å². The summed E-state index contributed by atoms with van der Waals surface area (Å²) in [7, 11) is -3.09. The van der Waals surface area contributed by atoms with Crippen molar-refractivity contribution in [2.75, 3.05) is 0 Å². The summed E-state index contributed by atoms with van der Waals surface area (Å²) >= 11 is 0. The van der Waals surface area contributed by atoms with Crippen molar-refractivity contribution in [3.05, 3.63) is 0 Å². The van der Waals surface area contributed by atoms with Crippen LogP contribution in [0.3, 0.4) is 0 Å². The highest BCUT2D eigenvalue weighted by Crippen LogP contribution is 2.40. The highest BCUT2D eigenvalue weighted by atomic mass is 32.2. The molecule has 1 rings (SSSR count). The van der Waals surface area contributed by atoms with Gasteiger partial charge < -0.3 is 0 Å². The summed E-state index contributed by atoms with van der Waals surface area (Å²) in [6, 6.07) is 0.508. The van der Waals surface area contributed by atoms with Crippen molar-refractivity contribution < 1.29 is 8.42 Å². The van der Waals surface area contributed by atoms with Crippen LogP contribution in [-0.2, 0) is 10.0 Å². The highest BCUT2D eigenvalue weighted by Gasteiger charge is 2.55. The Bertz CT molecular complexity index is 293. The fraction of sp³-hybridized carbons (Fsp3) is 1.00. The lowest BCUT2D eigenvalue weighted by Gasteiger charge is -2.20. The number of hydrogen-bond donors (Lipinski definition) is 0. The van der Waals surface area contributed by atoms with Crippen LogP contribution in [0.1, 0.15) is 47.5 Å². The van der Waals surface area contributed by atoms with Crippen molar-refractivity contribution in [3.8, 4) is 0 Å². The minimum absolute atomic E-state index is 0.254. The van der Waals surface area contributed by atoms with E-state index in [0.29, 0.717) is 0 Å². The van der Waals surface area contributed by atoms with Crippen molar-refractivity contribution >= 4 is 10.0 Å². The standard InChI is InChI=1S/C10H21NO2S/c1-6-8-9(7-2)11(8)14(12,13)10(3,4)5/h8-9H,6-7H2,1-5H3/t8-,9-/m1/s1. The maximum absolute atomic E-state index is 12.1. The van der Waals surface area contributed by atoms with Gasteiger partial charge >= 0.3 is 0 Å². The molecule has 0 unspecified atom stereocenters. The molecule has 1 aliphatic heterocycles. The Kier molecular flexibility index (Phi) is 2.99. The minimum atomic E-state index is -3.09. The van der Waals surface area contributed by atoms with E-state index in [2.05, 4.69) is 0 Å². The lowest BCUT2D eigenvalue weighted by atomic mass is 10.2. The van der Waals surface area contributed by atoms with E-state index < -0.39 is 14.8 Å². The Morgan fingerprint density at radius 1 is 1.07 bits per heavy atom. The Balaban J connectivity index is 2.88. The van der Waals surface area contributed by atoms with Crippen molar-refractivity contribution in [2.45, 2.75) is 64.3 Å². The molecule has 1 saturated heterocycles. The topological polar surface area (TPSA) is 37.1 Å². The third-order valence-corrected chi connectivity index (χ3v) is 5.54. The van der Waals surface area contributed by atoms with Crippen LogP contribution in [-0.4, -0.2) is 29.6 Å². The third-order valence-electron chi connectivity index (χ3n) is 2.90. The average molecular weight is 219 g/mol. The lowest BCUT2D eigenvalue weighted by Crippen LogP contribution is -2.35. The monoisotopic (exact) mass is 219 g/mol. The first-order valence-corrected chi connectivity index (χ1v) is 6.74. The van der Waals surface area contributed by atoms with Gasteiger partial charge in [-0.05, 0) is 33.6 Å². The Hall–Kier alpha value is -0.0900. The minimum Gasteiger partial charge on any atom is -0.212 e. The molecule has 0 aromatic heterocycles. The molecule has 2 atom stereocenters. The van der Waals surface area contributed by atoms with E-state index in [1.165, 1.54) is 0 Å². The van der Waals surface area contributed by atoms with Gasteiger partial charge in [0.2, 0.25) is 10.0 Å². The van der Waals surface area contributed by atoms with Crippen LogP contribution in [0.2, 0.25) is 0 Å². The molecule has 1 heterocycles. The molecule has 0 aromatic rings. The molecule has 0 aliphatic carbocycles. The Morgan fingerprint density at radius 2 is 1.43 bits per heavy atom. The molecule has 0 N–H and O–H groups in total. The van der Waals surface area contributed by atoms with Crippen LogP contribution >= 0.6 is 0 Å². The maximum atomic E-state index is 12.1. The third kappa shape index (κ3) is 1.70. The van der Waals surface area contributed by atoms with Gasteiger partial charge in [0, 0.05) is 12.1 Å². The second-order valence-corrected chi connectivity index (χ2v) is 7.50. The van der Waals surface area contributed by atoms with E-state index in [1.807, 2.05) is 13.8 Å². The van der Waals surface area contributed by atoms with Gasteiger partial charge in [0.25, 0.3) is 0 Å². The van der Waals surface area contributed by atoms with Gasteiger partial charge in [-0.15, -0.1) is 0 Å². The van der Waals surface area contributed by atoms with Gasteiger partial charge in [0.1, 0.15) is 0 Å². The lowest BCUT2D eigenvalue weighted by molar-refractivity contribution is 0.506. The first-order valence-electron chi connectivity index (χ1n) is 5.30. The van der Waals surface area contributed by atoms with Crippen LogP contribution < -0.4 is 0 Å². The Morgan fingerprint density at radius 3 is 1.64 bits per heavy atom. The molecule has 3 nitrogen and oxygen atoms in total. The molecule has 14 heavy (non-hydrogen) atoms. The van der Waals surface area contributed by atoms with E-state index in [0.717, 1.165) is 12.8 Å². The number of nitrogens with zero attached hydrogens (tertiary/aromatic N) is 1. The van der Waals surface area contributed by atoms with E-state index >= 15 is 0 Å². The largest absolute Gasteiger partial charge is 0.219 e. The van der Waals surface area contributed by atoms with Crippen LogP contribution in [0.25, 0.3) is 0 Å². The van der Waals surface area contributed by atoms with Gasteiger partial charge in [-0.2, -0.15) is 4.31 Å². The predicted octanol–water partition coefficient (Wildman–Crippen LogP) is 1.99. The Labute approximate surface area is 87.5 Å². The molecular weight excluding hydrogens is 198 g/mol. The molecule has 0 amide bonds. The zero-order valence-corrected chi connectivity index (χ0v) is 10.6. The predicted molar refractivity (Wildman–Crippen MR) is 58.7 cm³/mol. The van der Waals surface area contributed by atoms with E-state index in [4.69, 9.17) is 0 Å². The number of hydrogen-bond acceptors (Lipinski definition) is 2. The molecule has 0 bridgehead atoms. The van der Waals surface area contributed by atoms with Crippen LogP contribution in [0.5, 0.6) is 0 Å². The van der Waals surface area contributed by atoms with Crippen LogP contribution in [0.15, 0.2) is 0 Å². The second kappa shape index (κ2) is 3.49. The van der Waals surface area contributed by atoms with E-state index in [9.17, 15) is 8.42 Å². The summed E-state index contributed by atoms with van der Waals surface area (Å²) in [4.78, 5) is 0. The SMILES string of the molecule is CC[C@@H]1[C@@H](CC)N1S(=O)(=O)C(C)(C)C. The molecule has 84 valence electrons. The molecule has 0 aromatic carbocycles. The van der Waals surface area contributed by atoms with E-state index in [-0.39, 0.29) is 12.1 Å². The second-order valence-electron chi connectivity index (χ2n) is 4.90. The number of sulfonamides is 1. The summed E-state index contributed by atoms with van der Waals surface area (Å²) in [5.74, 6) is 0. The quantitative estimate of drug-likeness (QED) is 0.681. The number of rotatable bonds is 3. The zero-order valence-electron chi connectivity index (χ0n) is 9.74. The molecule has 0 spiro atoms. The summed E-state index contributed by atoms with van der Waals surface area (Å²) in [5.41, 5.74) is 0. The van der Waals surface area contributed by atoms with Crippen molar-refractivity contribution in [1.29, 1.82) is 0 Å². The van der Waals surface area contributed by atoms with Gasteiger partial charge in [-0.25, -0.2) is 8.42 Å². The van der Waals surface area contributed by atoms with Gasteiger partial charge in [-0.1, -0.05) is 13.8 Å². The summed E-state index contributed by atoms with van der Waals surface area (Å²) in [6.45, 7) is 9.39. The van der Waals surface area contributed by atoms with Crippen molar-refractivity contribution in [2.24, 2.45) is 0 Å². The molecule has 0 saturated carbocycles. The first kappa shape index (κ1) is 12.0. The first-order chi connectivity index (χ1) is 6.27. The highest BCUT2D eigenvalue weighted by molar-refractivity contribution is 7.90. The van der Waals surface area contributed by atoms with Crippen molar-refractivity contribution in [3.63, 3.8) is 0 Å². The fourth-order valence-corrected chi connectivity index (χ4v) is 3.76. The van der Waals surface area contributed by atoms with Crippen molar-refractivity contribution in [1.82, 2.24) is 4.31 Å². The molecule has 0 radical (unpaired) electrons. The molecule has 1 aliphatic rings. The average Bonchev–Trinajstić information content (AvgIpc) is 2.75.